The molecule has 2 aromatic carbocycles. The van der Waals surface area contributed by atoms with Crippen LogP contribution in [0.3, 0.4) is 0 Å². The first kappa shape index (κ1) is 18.2. The van der Waals surface area contributed by atoms with Crippen molar-refractivity contribution in [2.24, 2.45) is 0 Å². The zero-order chi connectivity index (χ0) is 19.4. The first-order valence-corrected chi connectivity index (χ1v) is 7.52. The molecule has 10 heteroatoms. The highest BCUT2D eigenvalue weighted by Crippen LogP contribution is 2.32. The number of methoxy groups -OCH3 is 1. The van der Waals surface area contributed by atoms with Crippen LogP contribution in [0, 0.1) is 0 Å². The number of nitrogen functional groups attached to an aromatic ring is 1. The second-order valence-electron chi connectivity index (χ2n) is 5.16. The van der Waals surface area contributed by atoms with Crippen LogP contribution in [-0.2, 0) is 6.18 Å². The van der Waals surface area contributed by atoms with E-state index in [0.29, 0.717) is 11.5 Å². The van der Waals surface area contributed by atoms with Crippen molar-refractivity contribution in [2.75, 3.05) is 12.8 Å². The molecule has 140 valence electrons. The Hall–Kier alpha value is -3.56. The van der Waals surface area contributed by atoms with Crippen molar-refractivity contribution in [3.63, 3.8) is 0 Å². The summed E-state index contributed by atoms with van der Waals surface area (Å²) in [6.07, 6.45) is -4.39. The van der Waals surface area contributed by atoms with Crippen molar-refractivity contribution in [1.82, 2.24) is 15.0 Å². The molecule has 0 saturated carbocycles. The van der Waals surface area contributed by atoms with E-state index in [0.717, 1.165) is 12.1 Å². The largest absolute Gasteiger partial charge is 0.467 e. The molecule has 0 aliphatic rings. The molecule has 1 aromatic heterocycles. The van der Waals surface area contributed by atoms with E-state index in [4.69, 9.17) is 19.9 Å². The van der Waals surface area contributed by atoms with Crippen LogP contribution in [0.25, 0.3) is 0 Å². The molecule has 0 spiro atoms. The maximum absolute atomic E-state index is 12.6. The van der Waals surface area contributed by atoms with Crippen LogP contribution >= 0.6 is 0 Å². The van der Waals surface area contributed by atoms with Crippen molar-refractivity contribution in [3.8, 4) is 29.3 Å². The molecular weight excluding hydrogens is 365 g/mol. The fourth-order valence-electron chi connectivity index (χ4n) is 2.02. The number of hydrogen-bond acceptors (Lipinski definition) is 7. The summed E-state index contributed by atoms with van der Waals surface area (Å²) in [5, 5.41) is 0. The molecule has 1 heterocycles. The van der Waals surface area contributed by atoms with Gasteiger partial charge in [0.05, 0.1) is 12.7 Å². The standard InChI is InChI=1S/C17H13F3N4O3/c1-25-15-22-14(21)23-16(24-15)27-13-8-6-12(7-9-13)26-11-4-2-10(3-5-11)17(18,19)20/h2-9H,1H3,(H2,21,22,23,24). The number of aromatic nitrogens is 3. The van der Waals surface area contributed by atoms with Crippen molar-refractivity contribution in [2.45, 2.75) is 6.18 Å². The Kier molecular flexibility index (Phi) is 4.97. The molecule has 0 bridgehead atoms. The smallest absolute Gasteiger partial charge is 0.416 e. The molecule has 0 aliphatic carbocycles. The second-order valence-corrected chi connectivity index (χ2v) is 5.16. The number of nitrogens with two attached hydrogens (primary N) is 1. The van der Waals surface area contributed by atoms with Crippen LogP contribution in [0.4, 0.5) is 19.1 Å². The number of anilines is 1. The van der Waals surface area contributed by atoms with Crippen molar-refractivity contribution in [1.29, 1.82) is 0 Å². The van der Waals surface area contributed by atoms with Gasteiger partial charge in [0.1, 0.15) is 17.2 Å². The molecule has 27 heavy (non-hydrogen) atoms. The molecule has 3 rings (SSSR count). The third-order valence-corrected chi connectivity index (χ3v) is 3.24. The number of hydrogen-bond donors (Lipinski definition) is 1. The predicted molar refractivity (Wildman–Crippen MR) is 88.8 cm³/mol. The van der Waals surface area contributed by atoms with Gasteiger partial charge in [-0.3, -0.25) is 0 Å². The van der Waals surface area contributed by atoms with Gasteiger partial charge in [0.25, 0.3) is 0 Å². The van der Waals surface area contributed by atoms with Gasteiger partial charge in [0.15, 0.2) is 0 Å². The Morgan fingerprint density at radius 1 is 0.741 bits per heavy atom. The lowest BCUT2D eigenvalue weighted by atomic mass is 10.2. The van der Waals surface area contributed by atoms with Gasteiger partial charge in [-0.2, -0.15) is 23.1 Å². The minimum absolute atomic E-state index is 0.0137. The normalized spacial score (nSPS) is 11.1. The molecule has 0 atom stereocenters. The van der Waals surface area contributed by atoms with Gasteiger partial charge in [-0.05, 0) is 48.5 Å². The van der Waals surface area contributed by atoms with Crippen molar-refractivity contribution >= 4 is 5.95 Å². The first-order valence-electron chi connectivity index (χ1n) is 7.52. The topological polar surface area (TPSA) is 92.4 Å². The van der Waals surface area contributed by atoms with Gasteiger partial charge in [0.2, 0.25) is 5.95 Å². The van der Waals surface area contributed by atoms with Crippen LogP contribution < -0.4 is 19.9 Å². The Morgan fingerprint density at radius 2 is 1.22 bits per heavy atom. The molecule has 2 N–H and O–H groups in total. The van der Waals surface area contributed by atoms with E-state index in [9.17, 15) is 13.2 Å². The lowest BCUT2D eigenvalue weighted by Crippen LogP contribution is -2.04. The summed E-state index contributed by atoms with van der Waals surface area (Å²) in [5.41, 5.74) is 4.78. The fourth-order valence-corrected chi connectivity index (χ4v) is 2.02. The number of benzene rings is 2. The SMILES string of the molecule is COc1nc(N)nc(Oc2ccc(Oc3ccc(C(F)(F)F)cc3)cc2)n1. The quantitative estimate of drug-likeness (QED) is 0.715. The van der Waals surface area contributed by atoms with Crippen LogP contribution in [-0.4, -0.2) is 22.1 Å². The van der Waals surface area contributed by atoms with Crippen LogP contribution in [0.5, 0.6) is 29.3 Å². The van der Waals surface area contributed by atoms with E-state index < -0.39 is 11.7 Å². The summed E-state index contributed by atoms with van der Waals surface area (Å²) in [4.78, 5) is 11.5. The second kappa shape index (κ2) is 7.36. The Bertz CT molecular complexity index is 916. The average Bonchev–Trinajstić information content (AvgIpc) is 2.62. The van der Waals surface area contributed by atoms with Gasteiger partial charge >= 0.3 is 18.2 Å². The van der Waals surface area contributed by atoms with E-state index >= 15 is 0 Å². The van der Waals surface area contributed by atoms with Crippen LogP contribution in [0.2, 0.25) is 0 Å². The summed E-state index contributed by atoms with van der Waals surface area (Å²) in [6.45, 7) is 0. The molecule has 0 amide bonds. The van der Waals surface area contributed by atoms with E-state index in [1.165, 1.54) is 19.2 Å². The van der Waals surface area contributed by atoms with E-state index in [1.807, 2.05) is 0 Å². The molecule has 0 unspecified atom stereocenters. The Balaban J connectivity index is 1.68. The Morgan fingerprint density at radius 3 is 1.74 bits per heavy atom. The highest BCUT2D eigenvalue weighted by molar-refractivity contribution is 5.37. The van der Waals surface area contributed by atoms with Gasteiger partial charge in [-0.25, -0.2) is 0 Å². The van der Waals surface area contributed by atoms with Gasteiger partial charge in [-0.15, -0.1) is 4.98 Å². The Labute approximate surface area is 151 Å². The minimum atomic E-state index is -4.39. The summed E-state index contributed by atoms with van der Waals surface area (Å²) in [7, 11) is 1.38. The van der Waals surface area contributed by atoms with E-state index in [2.05, 4.69) is 15.0 Å². The number of halogens is 3. The van der Waals surface area contributed by atoms with Crippen molar-refractivity contribution < 1.29 is 27.4 Å². The molecule has 0 fully saturated rings. The lowest BCUT2D eigenvalue weighted by molar-refractivity contribution is -0.137. The number of nitrogens with zero attached hydrogens (tertiary/aromatic N) is 3. The highest BCUT2D eigenvalue weighted by Gasteiger charge is 2.30. The van der Waals surface area contributed by atoms with E-state index in [1.54, 1.807) is 24.3 Å². The third kappa shape index (κ3) is 4.75. The summed E-state index contributed by atoms with van der Waals surface area (Å²) in [5.74, 6) is 1.02. The van der Waals surface area contributed by atoms with Gasteiger partial charge in [0, 0.05) is 0 Å². The fraction of sp³-hybridized carbons (Fsp3) is 0.118. The summed E-state index contributed by atoms with van der Waals surface area (Å²) >= 11 is 0. The summed E-state index contributed by atoms with van der Waals surface area (Å²) < 4.78 is 53.5. The maximum Gasteiger partial charge on any atom is 0.416 e. The number of ether oxygens (including phenoxy) is 3. The first-order chi connectivity index (χ1) is 12.8. The highest BCUT2D eigenvalue weighted by atomic mass is 19.4. The van der Waals surface area contributed by atoms with Gasteiger partial charge < -0.3 is 19.9 Å². The van der Waals surface area contributed by atoms with Crippen LogP contribution in [0.1, 0.15) is 5.56 Å². The zero-order valence-corrected chi connectivity index (χ0v) is 13.9. The number of rotatable bonds is 5. The van der Waals surface area contributed by atoms with Crippen LogP contribution in [0.15, 0.2) is 48.5 Å². The molecule has 0 radical (unpaired) electrons. The minimum Gasteiger partial charge on any atom is -0.467 e. The lowest BCUT2D eigenvalue weighted by Gasteiger charge is -2.10. The molecular formula is C17H13F3N4O3. The summed E-state index contributed by atoms with van der Waals surface area (Å²) in [6, 6.07) is 10.7. The van der Waals surface area contributed by atoms with Crippen molar-refractivity contribution in [3.05, 3.63) is 54.1 Å². The van der Waals surface area contributed by atoms with Gasteiger partial charge in [-0.1, -0.05) is 0 Å². The molecule has 7 nitrogen and oxygen atoms in total. The number of alkyl halides is 3. The molecule has 0 aliphatic heterocycles. The predicted octanol–water partition coefficient (Wildman–Crippen LogP) is 4.07. The zero-order valence-electron chi connectivity index (χ0n) is 13.9. The molecule has 0 saturated heterocycles. The third-order valence-electron chi connectivity index (χ3n) is 3.24. The average molecular weight is 378 g/mol. The monoisotopic (exact) mass is 378 g/mol. The molecule has 3 aromatic rings. The van der Waals surface area contributed by atoms with E-state index in [-0.39, 0.29) is 23.7 Å². The maximum atomic E-state index is 12.6.